The summed E-state index contributed by atoms with van der Waals surface area (Å²) in [7, 11) is 1.65. The number of halogens is 2. The van der Waals surface area contributed by atoms with E-state index in [-0.39, 0.29) is 5.91 Å². The Hall–Kier alpha value is -2.70. The molecule has 0 N–H and O–H groups in total. The van der Waals surface area contributed by atoms with Gasteiger partial charge >= 0.3 is 0 Å². The Labute approximate surface area is 191 Å². The topological polar surface area (TPSA) is 58.8 Å². The van der Waals surface area contributed by atoms with Crippen LogP contribution in [0, 0.1) is 6.92 Å². The maximum atomic E-state index is 13.5. The monoisotopic (exact) mass is 459 g/mol. The number of aryl methyl sites for hydroxylation is 1. The number of carbonyl (C=O) groups excluding carboxylic acids is 1. The summed E-state index contributed by atoms with van der Waals surface area (Å²) in [6.45, 7) is 4.56. The van der Waals surface area contributed by atoms with Crippen LogP contribution >= 0.6 is 23.2 Å². The molecule has 1 aromatic heterocycles. The van der Waals surface area contributed by atoms with Gasteiger partial charge in [0.15, 0.2) is 0 Å². The fourth-order valence-corrected chi connectivity index (χ4v) is 4.43. The van der Waals surface area contributed by atoms with Gasteiger partial charge in [0, 0.05) is 37.4 Å². The lowest BCUT2D eigenvalue weighted by molar-refractivity contribution is 0.0766. The second kappa shape index (κ2) is 9.20. The van der Waals surface area contributed by atoms with Crippen molar-refractivity contribution in [3.8, 4) is 17.0 Å². The zero-order chi connectivity index (χ0) is 22.0. The highest BCUT2D eigenvalue weighted by Crippen LogP contribution is 2.37. The van der Waals surface area contributed by atoms with Crippen LogP contribution in [0.2, 0.25) is 10.0 Å². The third kappa shape index (κ3) is 4.36. The van der Waals surface area contributed by atoms with Crippen molar-refractivity contribution in [2.75, 3.05) is 38.2 Å². The zero-order valence-corrected chi connectivity index (χ0v) is 18.9. The molecule has 0 aliphatic carbocycles. The van der Waals surface area contributed by atoms with E-state index < -0.39 is 0 Å². The molecule has 31 heavy (non-hydrogen) atoms. The number of carbonyl (C=O) groups is 1. The molecule has 0 unspecified atom stereocenters. The predicted octanol–water partition coefficient (Wildman–Crippen LogP) is 5.32. The van der Waals surface area contributed by atoms with Crippen LogP contribution in [-0.4, -0.2) is 49.3 Å². The van der Waals surface area contributed by atoms with Gasteiger partial charge in [-0.1, -0.05) is 34.4 Å². The van der Waals surface area contributed by atoms with Crippen LogP contribution in [0.3, 0.4) is 0 Å². The first-order chi connectivity index (χ1) is 15.0. The van der Waals surface area contributed by atoms with E-state index in [0.29, 0.717) is 45.7 Å². The SMILES string of the molecule is COc1ccc(N2CCCN(C(=O)c3c(-c4c(Cl)cccc4Cl)noc3C)CC2)cc1. The minimum atomic E-state index is -0.124. The lowest BCUT2D eigenvalue weighted by atomic mass is 10.0. The first kappa shape index (κ1) is 21.5. The number of benzene rings is 2. The third-order valence-electron chi connectivity index (χ3n) is 5.50. The highest BCUT2D eigenvalue weighted by Gasteiger charge is 2.29. The molecule has 162 valence electrons. The molecule has 1 fully saturated rings. The third-order valence-corrected chi connectivity index (χ3v) is 6.13. The van der Waals surface area contributed by atoms with E-state index in [9.17, 15) is 4.79 Å². The van der Waals surface area contributed by atoms with E-state index in [4.69, 9.17) is 32.5 Å². The van der Waals surface area contributed by atoms with Crippen molar-refractivity contribution < 1.29 is 14.1 Å². The maximum Gasteiger partial charge on any atom is 0.259 e. The van der Waals surface area contributed by atoms with E-state index in [2.05, 4.69) is 10.1 Å². The standard InChI is InChI=1S/C23H23Cl2N3O3/c1-15-20(22(26-31-15)21-18(24)5-3-6-19(21)25)23(29)28-12-4-11-27(13-14-28)16-7-9-17(30-2)10-8-16/h3,5-10H,4,11-14H2,1-2H3. The maximum absolute atomic E-state index is 13.5. The molecule has 0 spiro atoms. The largest absolute Gasteiger partial charge is 0.497 e. The van der Waals surface area contributed by atoms with Crippen molar-refractivity contribution in [1.82, 2.24) is 10.1 Å². The highest BCUT2D eigenvalue weighted by molar-refractivity contribution is 6.39. The minimum Gasteiger partial charge on any atom is -0.497 e. The normalized spacial score (nSPS) is 14.5. The van der Waals surface area contributed by atoms with Gasteiger partial charge in [-0.05, 0) is 49.7 Å². The molecule has 0 bridgehead atoms. The molecular formula is C23H23Cl2N3O3. The number of rotatable bonds is 4. The zero-order valence-electron chi connectivity index (χ0n) is 17.4. The van der Waals surface area contributed by atoms with Gasteiger partial charge in [-0.15, -0.1) is 0 Å². The number of ether oxygens (including phenoxy) is 1. The fourth-order valence-electron chi connectivity index (χ4n) is 3.85. The molecule has 2 aromatic carbocycles. The molecule has 0 atom stereocenters. The van der Waals surface area contributed by atoms with Crippen LogP contribution < -0.4 is 9.64 Å². The summed E-state index contributed by atoms with van der Waals surface area (Å²) in [6, 6.07) is 13.2. The predicted molar refractivity (Wildman–Crippen MR) is 122 cm³/mol. The Balaban J connectivity index is 1.56. The molecule has 0 saturated carbocycles. The summed E-state index contributed by atoms with van der Waals surface area (Å²) in [5, 5.41) is 4.97. The van der Waals surface area contributed by atoms with Crippen LogP contribution in [0.15, 0.2) is 47.0 Å². The number of nitrogens with zero attached hydrogens (tertiary/aromatic N) is 3. The van der Waals surface area contributed by atoms with Gasteiger partial charge in [-0.2, -0.15) is 0 Å². The van der Waals surface area contributed by atoms with Crippen molar-refractivity contribution in [3.63, 3.8) is 0 Å². The molecular weight excluding hydrogens is 437 g/mol. The first-order valence-electron chi connectivity index (χ1n) is 10.1. The molecule has 0 radical (unpaired) electrons. The molecule has 3 aromatic rings. The fraction of sp³-hybridized carbons (Fsp3) is 0.304. The second-order valence-corrected chi connectivity index (χ2v) is 8.20. The smallest absolute Gasteiger partial charge is 0.259 e. The second-order valence-electron chi connectivity index (χ2n) is 7.39. The first-order valence-corrected chi connectivity index (χ1v) is 10.8. The van der Waals surface area contributed by atoms with Crippen molar-refractivity contribution in [3.05, 3.63) is 63.8 Å². The summed E-state index contributed by atoms with van der Waals surface area (Å²) in [6.07, 6.45) is 0.851. The molecule has 8 heteroatoms. The lowest BCUT2D eigenvalue weighted by Gasteiger charge is -2.24. The Morgan fingerprint density at radius 2 is 1.74 bits per heavy atom. The van der Waals surface area contributed by atoms with Crippen LogP contribution in [0.5, 0.6) is 5.75 Å². The molecule has 1 saturated heterocycles. The quantitative estimate of drug-likeness (QED) is 0.528. The van der Waals surface area contributed by atoms with Gasteiger partial charge in [-0.25, -0.2) is 0 Å². The average molecular weight is 460 g/mol. The summed E-state index contributed by atoms with van der Waals surface area (Å²) < 4.78 is 10.6. The minimum absolute atomic E-state index is 0.124. The van der Waals surface area contributed by atoms with Crippen molar-refractivity contribution in [2.24, 2.45) is 0 Å². The van der Waals surface area contributed by atoms with E-state index in [0.717, 1.165) is 30.9 Å². The summed E-state index contributed by atoms with van der Waals surface area (Å²) >= 11 is 12.7. The number of amides is 1. The van der Waals surface area contributed by atoms with Crippen LogP contribution in [-0.2, 0) is 0 Å². The molecule has 1 aliphatic rings. The van der Waals surface area contributed by atoms with Gasteiger partial charge < -0.3 is 19.1 Å². The van der Waals surface area contributed by atoms with Crippen LogP contribution in [0.25, 0.3) is 11.3 Å². The molecule has 1 amide bonds. The lowest BCUT2D eigenvalue weighted by Crippen LogP contribution is -2.35. The van der Waals surface area contributed by atoms with Gasteiger partial charge in [0.25, 0.3) is 5.91 Å². The van der Waals surface area contributed by atoms with Gasteiger partial charge in [0.2, 0.25) is 0 Å². The summed E-state index contributed by atoms with van der Waals surface area (Å²) in [5.41, 5.74) is 2.42. The Morgan fingerprint density at radius 3 is 2.42 bits per heavy atom. The summed E-state index contributed by atoms with van der Waals surface area (Å²) in [4.78, 5) is 17.6. The Morgan fingerprint density at radius 1 is 1.03 bits per heavy atom. The average Bonchev–Trinajstić information content (AvgIpc) is 2.98. The van der Waals surface area contributed by atoms with Crippen molar-refractivity contribution >= 4 is 34.8 Å². The van der Waals surface area contributed by atoms with Gasteiger partial charge in [0.1, 0.15) is 22.8 Å². The highest BCUT2D eigenvalue weighted by atomic mass is 35.5. The number of methoxy groups -OCH3 is 1. The number of hydrogen-bond donors (Lipinski definition) is 0. The summed E-state index contributed by atoms with van der Waals surface area (Å²) in [5.74, 6) is 1.15. The van der Waals surface area contributed by atoms with Crippen molar-refractivity contribution in [1.29, 1.82) is 0 Å². The Bertz CT molecular complexity index is 1060. The van der Waals surface area contributed by atoms with E-state index in [1.807, 2.05) is 29.2 Å². The van der Waals surface area contributed by atoms with Crippen LogP contribution in [0.1, 0.15) is 22.5 Å². The van der Waals surface area contributed by atoms with E-state index in [1.165, 1.54) is 0 Å². The number of anilines is 1. The molecule has 2 heterocycles. The van der Waals surface area contributed by atoms with Gasteiger partial charge in [0.05, 0.1) is 17.2 Å². The van der Waals surface area contributed by atoms with E-state index in [1.54, 1.807) is 32.2 Å². The van der Waals surface area contributed by atoms with E-state index >= 15 is 0 Å². The molecule has 1 aliphatic heterocycles. The number of aromatic nitrogens is 1. The molecule has 6 nitrogen and oxygen atoms in total. The van der Waals surface area contributed by atoms with Crippen LogP contribution in [0.4, 0.5) is 5.69 Å². The molecule has 4 rings (SSSR count). The Kier molecular flexibility index (Phi) is 6.39. The number of hydrogen-bond acceptors (Lipinski definition) is 5. The van der Waals surface area contributed by atoms with Gasteiger partial charge in [-0.3, -0.25) is 4.79 Å². The van der Waals surface area contributed by atoms with Crippen molar-refractivity contribution in [2.45, 2.75) is 13.3 Å².